The first-order valence-electron chi connectivity index (χ1n) is 5.68. The van der Waals surface area contributed by atoms with Crippen molar-refractivity contribution in [2.24, 2.45) is 0 Å². The van der Waals surface area contributed by atoms with E-state index in [1.807, 2.05) is 19.3 Å². The first-order valence-corrected chi connectivity index (χ1v) is 5.68. The van der Waals surface area contributed by atoms with Crippen molar-refractivity contribution >= 4 is 0 Å². The first kappa shape index (κ1) is 12.0. The van der Waals surface area contributed by atoms with E-state index in [1.54, 1.807) is 9.13 Å². The van der Waals surface area contributed by atoms with Crippen molar-refractivity contribution in [1.29, 1.82) is 0 Å². The van der Waals surface area contributed by atoms with E-state index < -0.39 is 0 Å². The van der Waals surface area contributed by atoms with Crippen LogP contribution in [0.1, 0.15) is 27.2 Å². The maximum Gasteiger partial charge on any atom is 0.328 e. The fourth-order valence-electron chi connectivity index (χ4n) is 1.58. The van der Waals surface area contributed by atoms with E-state index in [0.29, 0.717) is 6.04 Å². The number of imidazole rings is 1. The Morgan fingerprint density at radius 2 is 2.00 bits per heavy atom. The van der Waals surface area contributed by atoms with Crippen molar-refractivity contribution in [1.82, 2.24) is 14.5 Å². The lowest BCUT2D eigenvalue weighted by Crippen LogP contribution is -2.35. The molecule has 1 aromatic rings. The van der Waals surface area contributed by atoms with Crippen LogP contribution in [0.3, 0.4) is 0 Å². The number of nitrogens with one attached hydrogen (secondary N) is 1. The number of rotatable bonds is 6. The minimum Gasteiger partial charge on any atom is -0.312 e. The van der Waals surface area contributed by atoms with Crippen molar-refractivity contribution in [2.75, 3.05) is 6.54 Å². The van der Waals surface area contributed by atoms with Gasteiger partial charge in [0, 0.05) is 31.5 Å². The molecule has 0 aliphatic rings. The highest BCUT2D eigenvalue weighted by Gasteiger charge is 2.05. The molecule has 0 aliphatic carbocycles. The van der Waals surface area contributed by atoms with Gasteiger partial charge in [0.2, 0.25) is 0 Å². The molecule has 0 saturated heterocycles. The Labute approximate surface area is 90.9 Å². The molecule has 0 fully saturated rings. The van der Waals surface area contributed by atoms with Gasteiger partial charge in [0.25, 0.3) is 0 Å². The molecule has 1 rings (SSSR count). The van der Waals surface area contributed by atoms with Gasteiger partial charge in [-0.25, -0.2) is 4.79 Å². The van der Waals surface area contributed by atoms with Gasteiger partial charge in [-0.3, -0.25) is 9.13 Å². The molecular formula is C11H21N3O. The fourth-order valence-corrected chi connectivity index (χ4v) is 1.58. The molecular weight excluding hydrogens is 190 g/mol. The van der Waals surface area contributed by atoms with Crippen molar-refractivity contribution in [3.05, 3.63) is 22.9 Å². The summed E-state index contributed by atoms with van der Waals surface area (Å²) in [4.78, 5) is 11.7. The summed E-state index contributed by atoms with van der Waals surface area (Å²) in [6.07, 6.45) is 4.82. The SMILES string of the molecule is CCCNC(C)Cn1ccn(CC)c1=O. The van der Waals surface area contributed by atoms with E-state index in [-0.39, 0.29) is 5.69 Å². The summed E-state index contributed by atoms with van der Waals surface area (Å²) in [6.45, 7) is 8.70. The first-order chi connectivity index (χ1) is 7.19. The smallest absolute Gasteiger partial charge is 0.312 e. The molecule has 1 N–H and O–H groups in total. The molecule has 0 amide bonds. The number of nitrogens with zero attached hydrogens (tertiary/aromatic N) is 2. The normalized spacial score (nSPS) is 13.0. The molecule has 86 valence electrons. The van der Waals surface area contributed by atoms with Gasteiger partial charge in [0.05, 0.1) is 0 Å². The maximum atomic E-state index is 11.7. The fraction of sp³-hybridized carbons (Fsp3) is 0.727. The summed E-state index contributed by atoms with van der Waals surface area (Å²) < 4.78 is 3.48. The standard InChI is InChI=1S/C11H21N3O/c1-4-6-12-10(3)9-14-8-7-13(5-2)11(14)15/h7-8,10,12H,4-6,9H2,1-3H3. The van der Waals surface area contributed by atoms with E-state index in [2.05, 4.69) is 19.2 Å². The van der Waals surface area contributed by atoms with Crippen molar-refractivity contribution in [3.8, 4) is 0 Å². The maximum absolute atomic E-state index is 11.7. The Bertz CT molecular complexity index is 340. The topological polar surface area (TPSA) is 39.0 Å². The summed E-state index contributed by atoms with van der Waals surface area (Å²) in [6, 6.07) is 0.343. The van der Waals surface area contributed by atoms with Gasteiger partial charge >= 0.3 is 5.69 Å². The average molecular weight is 211 g/mol. The van der Waals surface area contributed by atoms with Crippen LogP contribution in [-0.2, 0) is 13.1 Å². The molecule has 0 aliphatic heterocycles. The van der Waals surface area contributed by atoms with Crippen LogP contribution in [-0.4, -0.2) is 21.7 Å². The van der Waals surface area contributed by atoms with E-state index in [4.69, 9.17) is 0 Å². The van der Waals surface area contributed by atoms with E-state index in [9.17, 15) is 4.79 Å². The second-order valence-electron chi connectivity index (χ2n) is 3.87. The summed E-state index contributed by atoms with van der Waals surface area (Å²) in [5.41, 5.74) is 0.0858. The van der Waals surface area contributed by atoms with E-state index in [1.165, 1.54) is 0 Å². The summed E-state index contributed by atoms with van der Waals surface area (Å²) in [5, 5.41) is 3.37. The van der Waals surface area contributed by atoms with Gasteiger partial charge in [-0.1, -0.05) is 6.92 Å². The molecule has 0 radical (unpaired) electrons. The predicted molar refractivity (Wildman–Crippen MR) is 62.1 cm³/mol. The molecule has 4 heteroatoms. The largest absolute Gasteiger partial charge is 0.328 e. The molecule has 1 aromatic heterocycles. The third-order valence-corrected chi connectivity index (χ3v) is 2.47. The lowest BCUT2D eigenvalue weighted by Gasteiger charge is -2.12. The Morgan fingerprint density at radius 1 is 1.33 bits per heavy atom. The van der Waals surface area contributed by atoms with Crippen LogP contribution in [0.15, 0.2) is 17.2 Å². The second kappa shape index (κ2) is 5.75. The second-order valence-corrected chi connectivity index (χ2v) is 3.87. The lowest BCUT2D eigenvalue weighted by molar-refractivity contribution is 0.465. The molecule has 0 aromatic carbocycles. The molecule has 15 heavy (non-hydrogen) atoms. The zero-order valence-corrected chi connectivity index (χ0v) is 9.86. The highest BCUT2D eigenvalue weighted by molar-refractivity contribution is 4.82. The molecule has 4 nitrogen and oxygen atoms in total. The van der Waals surface area contributed by atoms with Gasteiger partial charge < -0.3 is 5.32 Å². The van der Waals surface area contributed by atoms with Crippen molar-refractivity contribution < 1.29 is 0 Å². The summed E-state index contributed by atoms with van der Waals surface area (Å²) in [5.74, 6) is 0. The highest BCUT2D eigenvalue weighted by Crippen LogP contribution is 1.90. The molecule has 0 saturated carbocycles. The highest BCUT2D eigenvalue weighted by atomic mass is 16.1. The molecule has 1 atom stereocenters. The number of aromatic nitrogens is 2. The zero-order valence-electron chi connectivity index (χ0n) is 9.86. The average Bonchev–Trinajstić information content (AvgIpc) is 2.57. The van der Waals surface area contributed by atoms with Crippen LogP contribution in [0.5, 0.6) is 0 Å². The molecule has 1 heterocycles. The Hall–Kier alpha value is -1.03. The summed E-state index contributed by atoms with van der Waals surface area (Å²) >= 11 is 0. The third-order valence-electron chi connectivity index (χ3n) is 2.47. The Kier molecular flexibility index (Phi) is 4.62. The zero-order chi connectivity index (χ0) is 11.3. The molecule has 1 unspecified atom stereocenters. The summed E-state index contributed by atoms with van der Waals surface area (Å²) in [7, 11) is 0. The third kappa shape index (κ3) is 3.23. The minimum absolute atomic E-state index is 0.0858. The van der Waals surface area contributed by atoms with Gasteiger partial charge in [-0.2, -0.15) is 0 Å². The van der Waals surface area contributed by atoms with E-state index in [0.717, 1.165) is 26.1 Å². The molecule has 0 spiro atoms. The molecule has 0 bridgehead atoms. The van der Waals surface area contributed by atoms with E-state index >= 15 is 0 Å². The van der Waals surface area contributed by atoms with Crippen molar-refractivity contribution in [3.63, 3.8) is 0 Å². The van der Waals surface area contributed by atoms with Gasteiger partial charge in [0.15, 0.2) is 0 Å². The number of hydrogen-bond acceptors (Lipinski definition) is 2. The van der Waals surface area contributed by atoms with Crippen LogP contribution in [0, 0.1) is 0 Å². The van der Waals surface area contributed by atoms with Crippen LogP contribution >= 0.6 is 0 Å². The number of aryl methyl sites for hydroxylation is 1. The Morgan fingerprint density at radius 3 is 2.53 bits per heavy atom. The number of hydrogen-bond donors (Lipinski definition) is 1. The van der Waals surface area contributed by atoms with Crippen LogP contribution in [0.4, 0.5) is 0 Å². The van der Waals surface area contributed by atoms with Gasteiger partial charge in [-0.05, 0) is 26.8 Å². The van der Waals surface area contributed by atoms with Crippen LogP contribution in [0.25, 0.3) is 0 Å². The van der Waals surface area contributed by atoms with Crippen LogP contribution in [0.2, 0.25) is 0 Å². The van der Waals surface area contributed by atoms with Crippen LogP contribution < -0.4 is 11.0 Å². The van der Waals surface area contributed by atoms with Crippen molar-refractivity contribution in [2.45, 2.75) is 46.3 Å². The van der Waals surface area contributed by atoms with Gasteiger partial charge in [0.1, 0.15) is 0 Å². The minimum atomic E-state index is 0.0858. The van der Waals surface area contributed by atoms with Gasteiger partial charge in [-0.15, -0.1) is 0 Å². The predicted octanol–water partition coefficient (Wildman–Crippen LogP) is 1.06. The quantitative estimate of drug-likeness (QED) is 0.764. The lowest BCUT2D eigenvalue weighted by atomic mass is 10.3. The monoisotopic (exact) mass is 211 g/mol. The Balaban J connectivity index is 2.56.